The normalized spacial score (nSPS) is 11.6. The Labute approximate surface area is 189 Å². The summed E-state index contributed by atoms with van der Waals surface area (Å²) in [6.45, 7) is 13.0. The van der Waals surface area contributed by atoms with Crippen molar-refractivity contribution in [3.8, 4) is 0 Å². The van der Waals surface area contributed by atoms with E-state index in [1.165, 1.54) is 0 Å². The van der Waals surface area contributed by atoms with Gasteiger partial charge in [0.1, 0.15) is 5.71 Å². The minimum absolute atomic E-state index is 0.417. The van der Waals surface area contributed by atoms with Crippen LogP contribution in [0.2, 0.25) is 0 Å². The van der Waals surface area contributed by atoms with Crippen molar-refractivity contribution in [2.75, 3.05) is 26.2 Å². The molecule has 0 atom stereocenters. The minimum atomic E-state index is -0.488. The molecular formula is C20H31N7OS2. The molecule has 0 aliphatic carbocycles. The molecule has 8 nitrogen and oxygen atoms in total. The van der Waals surface area contributed by atoms with Crippen molar-refractivity contribution < 1.29 is 4.79 Å². The van der Waals surface area contributed by atoms with Crippen LogP contribution in [0.15, 0.2) is 34.5 Å². The molecule has 1 amide bonds. The summed E-state index contributed by atoms with van der Waals surface area (Å²) in [6.07, 6.45) is 0. The Morgan fingerprint density at radius 1 is 0.867 bits per heavy atom. The van der Waals surface area contributed by atoms with Crippen LogP contribution in [0.25, 0.3) is 0 Å². The average Bonchev–Trinajstić information content (AvgIpc) is 2.74. The number of carbonyl (C=O) groups excluding carboxylic acids is 1. The molecule has 1 aromatic carbocycles. The first-order chi connectivity index (χ1) is 14.3. The lowest BCUT2D eigenvalue weighted by molar-refractivity contribution is 0.100. The third-order valence-electron chi connectivity index (χ3n) is 4.47. The highest BCUT2D eigenvalue weighted by atomic mass is 32.1. The van der Waals surface area contributed by atoms with Crippen LogP contribution in [0, 0.1) is 0 Å². The highest BCUT2D eigenvalue weighted by Crippen LogP contribution is 2.07. The lowest BCUT2D eigenvalue weighted by Crippen LogP contribution is -2.39. The van der Waals surface area contributed by atoms with Crippen molar-refractivity contribution in [3.63, 3.8) is 0 Å². The number of thiocarbonyl (C=S) groups is 2. The third-order valence-corrected chi connectivity index (χ3v) is 5.17. The van der Waals surface area contributed by atoms with E-state index in [-0.39, 0.29) is 0 Å². The molecule has 0 saturated heterocycles. The Hall–Kier alpha value is -2.59. The first-order valence-corrected chi connectivity index (χ1v) is 10.7. The van der Waals surface area contributed by atoms with Crippen LogP contribution in [0.3, 0.4) is 0 Å². The number of benzene rings is 1. The Balaban J connectivity index is 3.20. The summed E-state index contributed by atoms with van der Waals surface area (Å²) in [7, 11) is 0. The topological polar surface area (TPSA) is 98.3 Å². The predicted octanol–water partition coefficient (Wildman–Crippen LogP) is 2.30. The SMILES string of the molecule is CCN(CC)C(=S)N/N=C(C)/C(=N/NC(=S)N(CC)CC)c1ccc(C(N)=O)cc1. The fourth-order valence-corrected chi connectivity index (χ4v) is 3.21. The van der Waals surface area contributed by atoms with Crippen molar-refractivity contribution in [2.24, 2.45) is 15.9 Å². The van der Waals surface area contributed by atoms with Gasteiger partial charge in [0.15, 0.2) is 10.2 Å². The third kappa shape index (κ3) is 7.34. The number of amides is 1. The smallest absolute Gasteiger partial charge is 0.248 e. The van der Waals surface area contributed by atoms with E-state index in [9.17, 15) is 4.79 Å². The van der Waals surface area contributed by atoms with Crippen molar-refractivity contribution >= 4 is 52.0 Å². The van der Waals surface area contributed by atoms with Gasteiger partial charge in [-0.25, -0.2) is 0 Å². The van der Waals surface area contributed by atoms with Gasteiger partial charge in [0.25, 0.3) is 0 Å². The summed E-state index contributed by atoms with van der Waals surface area (Å²) in [6, 6.07) is 6.83. The van der Waals surface area contributed by atoms with Crippen LogP contribution in [-0.2, 0) is 0 Å². The molecule has 0 radical (unpaired) electrons. The maximum absolute atomic E-state index is 11.4. The van der Waals surface area contributed by atoms with E-state index >= 15 is 0 Å². The molecule has 4 N–H and O–H groups in total. The quantitative estimate of drug-likeness (QED) is 0.302. The zero-order chi connectivity index (χ0) is 22.7. The Morgan fingerprint density at radius 2 is 1.27 bits per heavy atom. The van der Waals surface area contributed by atoms with Gasteiger partial charge >= 0.3 is 0 Å². The number of nitrogens with two attached hydrogens (primary N) is 1. The summed E-state index contributed by atoms with van der Waals surface area (Å²) >= 11 is 10.8. The highest BCUT2D eigenvalue weighted by Gasteiger charge is 2.12. The summed E-state index contributed by atoms with van der Waals surface area (Å²) < 4.78 is 0. The van der Waals surface area contributed by atoms with Gasteiger partial charge in [-0.1, -0.05) is 12.1 Å². The van der Waals surface area contributed by atoms with E-state index in [1.807, 2.05) is 44.4 Å². The second-order valence-electron chi connectivity index (χ2n) is 6.28. The average molecular weight is 450 g/mol. The largest absolute Gasteiger partial charge is 0.366 e. The summed E-state index contributed by atoms with van der Waals surface area (Å²) in [5, 5.41) is 9.95. The number of rotatable bonds is 9. The molecule has 0 bridgehead atoms. The molecule has 0 aliphatic rings. The lowest BCUT2D eigenvalue weighted by atomic mass is 10.0. The fourth-order valence-electron chi connectivity index (χ4n) is 2.60. The number of hydrogen-bond donors (Lipinski definition) is 3. The van der Waals surface area contributed by atoms with Gasteiger partial charge in [0.05, 0.1) is 5.71 Å². The number of nitrogens with zero attached hydrogens (tertiary/aromatic N) is 4. The molecule has 0 spiro atoms. The van der Waals surface area contributed by atoms with Gasteiger partial charge in [0, 0.05) is 37.3 Å². The second kappa shape index (κ2) is 12.9. The van der Waals surface area contributed by atoms with Crippen molar-refractivity contribution in [1.29, 1.82) is 0 Å². The van der Waals surface area contributed by atoms with E-state index in [0.29, 0.717) is 27.2 Å². The van der Waals surface area contributed by atoms with Gasteiger partial charge in [0.2, 0.25) is 5.91 Å². The Morgan fingerprint density at radius 3 is 1.67 bits per heavy atom. The number of nitrogens with one attached hydrogen (secondary N) is 2. The van der Waals surface area contributed by atoms with Crippen LogP contribution < -0.4 is 16.6 Å². The fraction of sp³-hybridized carbons (Fsp3) is 0.450. The number of hydrogen-bond acceptors (Lipinski definition) is 5. The van der Waals surface area contributed by atoms with E-state index in [0.717, 1.165) is 31.7 Å². The standard InChI is InChI=1S/C20H31N7OS2/c1-6-26(7-2)19(29)24-22-14(5)17(23-25-20(30)27(8-3)9-4)15-10-12-16(13-11-15)18(21)28/h10-13H,6-9H2,1-5H3,(H2,21,28)(H,24,29)(H,25,30)/b22-14+,23-17-. The molecule has 30 heavy (non-hydrogen) atoms. The molecule has 0 aromatic heterocycles. The van der Waals surface area contributed by atoms with Crippen LogP contribution >= 0.6 is 24.4 Å². The minimum Gasteiger partial charge on any atom is -0.366 e. The van der Waals surface area contributed by atoms with Gasteiger partial charge in [-0.15, -0.1) is 0 Å². The van der Waals surface area contributed by atoms with Crippen molar-refractivity contribution in [1.82, 2.24) is 20.7 Å². The van der Waals surface area contributed by atoms with Crippen LogP contribution in [0.4, 0.5) is 0 Å². The molecule has 0 unspecified atom stereocenters. The molecule has 10 heteroatoms. The maximum Gasteiger partial charge on any atom is 0.248 e. The zero-order valence-corrected chi connectivity index (χ0v) is 19.9. The molecule has 0 fully saturated rings. The van der Waals surface area contributed by atoms with Gasteiger partial charge in [-0.05, 0) is 71.2 Å². The van der Waals surface area contributed by atoms with Crippen LogP contribution in [-0.4, -0.2) is 63.5 Å². The number of hydrazone groups is 2. The Kier molecular flexibility index (Phi) is 10.9. The van der Waals surface area contributed by atoms with E-state index < -0.39 is 5.91 Å². The molecule has 0 saturated carbocycles. The molecule has 1 rings (SSSR count). The summed E-state index contributed by atoms with van der Waals surface area (Å²) in [5.41, 5.74) is 13.5. The molecule has 0 aliphatic heterocycles. The van der Waals surface area contributed by atoms with Gasteiger partial charge in [-0.3, -0.25) is 15.6 Å². The Bertz CT molecular complexity index is 798. The summed E-state index contributed by atoms with van der Waals surface area (Å²) in [5.74, 6) is -0.488. The van der Waals surface area contributed by atoms with Gasteiger partial charge < -0.3 is 15.5 Å². The first kappa shape index (κ1) is 25.4. The van der Waals surface area contributed by atoms with E-state index in [4.69, 9.17) is 30.2 Å². The van der Waals surface area contributed by atoms with Crippen molar-refractivity contribution in [3.05, 3.63) is 35.4 Å². The zero-order valence-electron chi connectivity index (χ0n) is 18.2. The van der Waals surface area contributed by atoms with E-state index in [2.05, 4.69) is 21.1 Å². The molecule has 0 heterocycles. The molecule has 1 aromatic rings. The van der Waals surface area contributed by atoms with Crippen molar-refractivity contribution in [2.45, 2.75) is 34.6 Å². The second-order valence-corrected chi connectivity index (χ2v) is 7.05. The predicted molar refractivity (Wildman–Crippen MR) is 132 cm³/mol. The maximum atomic E-state index is 11.4. The van der Waals surface area contributed by atoms with E-state index in [1.54, 1.807) is 24.3 Å². The van der Waals surface area contributed by atoms with Crippen LogP contribution in [0.1, 0.15) is 50.5 Å². The highest BCUT2D eigenvalue weighted by molar-refractivity contribution is 7.80. The van der Waals surface area contributed by atoms with Crippen LogP contribution in [0.5, 0.6) is 0 Å². The lowest BCUT2D eigenvalue weighted by Gasteiger charge is -2.21. The number of carbonyl (C=O) groups is 1. The first-order valence-electron chi connectivity index (χ1n) is 9.91. The molecule has 164 valence electrons. The monoisotopic (exact) mass is 449 g/mol. The number of primary amides is 1. The molecular weight excluding hydrogens is 418 g/mol. The van der Waals surface area contributed by atoms with Gasteiger partial charge in [-0.2, -0.15) is 10.2 Å². The summed E-state index contributed by atoms with van der Waals surface area (Å²) in [4.78, 5) is 15.3.